The minimum atomic E-state index is -1.92. The second kappa shape index (κ2) is 7.48. The summed E-state index contributed by atoms with van der Waals surface area (Å²) in [5.74, 6) is -1.21. The summed E-state index contributed by atoms with van der Waals surface area (Å²) in [5.41, 5.74) is 0.660. The van der Waals surface area contributed by atoms with Crippen LogP contribution in [0.3, 0.4) is 0 Å². The van der Waals surface area contributed by atoms with Crippen molar-refractivity contribution in [1.82, 2.24) is 0 Å². The maximum absolute atomic E-state index is 13.3. The van der Waals surface area contributed by atoms with Crippen LogP contribution in [0.1, 0.15) is 11.1 Å². The minimum absolute atomic E-state index is 0.249. The van der Waals surface area contributed by atoms with E-state index in [1.807, 2.05) is 0 Å². The molecule has 4 unspecified atom stereocenters. The number of hydrogen-bond acceptors (Lipinski definition) is 6. The van der Waals surface area contributed by atoms with Crippen molar-refractivity contribution in [3.63, 3.8) is 0 Å². The highest BCUT2D eigenvalue weighted by molar-refractivity contribution is 5.52. The van der Waals surface area contributed by atoms with E-state index in [-0.39, 0.29) is 5.56 Å². The van der Waals surface area contributed by atoms with E-state index >= 15 is 0 Å². The molecule has 0 aliphatic carbocycles. The molecule has 0 aromatic heterocycles. The zero-order valence-electron chi connectivity index (χ0n) is 11.4. The van der Waals surface area contributed by atoms with Crippen molar-refractivity contribution in [3.8, 4) is 0 Å². The number of aliphatic hydroxyl groups excluding tert-OH is 6. The van der Waals surface area contributed by atoms with Gasteiger partial charge in [0.2, 0.25) is 0 Å². The number of hydrogen-bond donors (Lipinski definition) is 6. The Morgan fingerprint density at radius 1 is 1.19 bits per heavy atom. The van der Waals surface area contributed by atoms with Gasteiger partial charge in [-0.3, -0.25) is 0 Å². The van der Waals surface area contributed by atoms with Crippen LogP contribution in [0.4, 0.5) is 4.39 Å². The van der Waals surface area contributed by atoms with E-state index in [1.165, 1.54) is 12.1 Å². The normalized spacial score (nSPS) is 18.1. The molecule has 0 radical (unpaired) electrons. The fourth-order valence-corrected chi connectivity index (χ4v) is 1.65. The maximum Gasteiger partial charge on any atom is 0.139 e. The number of aliphatic hydroxyl groups is 6. The van der Waals surface area contributed by atoms with Gasteiger partial charge in [-0.2, -0.15) is 0 Å². The van der Waals surface area contributed by atoms with Crippen LogP contribution in [-0.4, -0.2) is 61.7 Å². The Bertz CT molecular complexity index is 504. The fourth-order valence-electron chi connectivity index (χ4n) is 1.65. The average Bonchev–Trinajstić information content (AvgIpc) is 2.47. The van der Waals surface area contributed by atoms with E-state index in [0.717, 1.165) is 12.1 Å². The summed E-state index contributed by atoms with van der Waals surface area (Å²) in [7, 11) is 0. The van der Waals surface area contributed by atoms with Crippen LogP contribution in [0.25, 0.3) is 6.08 Å². The van der Waals surface area contributed by atoms with Gasteiger partial charge in [0.15, 0.2) is 0 Å². The molecule has 1 aromatic rings. The van der Waals surface area contributed by atoms with Gasteiger partial charge in [0.1, 0.15) is 36.0 Å². The third-order valence-electron chi connectivity index (χ3n) is 3.07. The SMILES string of the molecule is Cc1ccc(C=C(O)C(O)C(O)C(O)C(O)CO)cc1F. The summed E-state index contributed by atoms with van der Waals surface area (Å²) in [4.78, 5) is 0. The lowest BCUT2D eigenvalue weighted by atomic mass is 10.0. The Morgan fingerprint density at radius 3 is 2.33 bits per heavy atom. The zero-order chi connectivity index (χ0) is 16.2. The van der Waals surface area contributed by atoms with E-state index in [1.54, 1.807) is 6.92 Å². The van der Waals surface area contributed by atoms with E-state index < -0.39 is 42.6 Å². The lowest BCUT2D eigenvalue weighted by Gasteiger charge is -2.25. The van der Waals surface area contributed by atoms with Gasteiger partial charge in [-0.15, -0.1) is 0 Å². The number of benzene rings is 1. The second-order valence-electron chi connectivity index (χ2n) is 4.75. The molecule has 118 valence electrons. The molecule has 1 aromatic carbocycles. The molecule has 1 rings (SSSR count). The molecular weight excluding hydrogens is 283 g/mol. The van der Waals surface area contributed by atoms with E-state index in [9.17, 15) is 24.8 Å². The van der Waals surface area contributed by atoms with Crippen LogP contribution in [0, 0.1) is 12.7 Å². The molecule has 21 heavy (non-hydrogen) atoms. The van der Waals surface area contributed by atoms with Crippen molar-refractivity contribution in [2.75, 3.05) is 6.61 Å². The minimum Gasteiger partial charge on any atom is -0.509 e. The first kappa shape index (κ1) is 17.5. The summed E-state index contributed by atoms with van der Waals surface area (Å²) in [6.45, 7) is 0.743. The van der Waals surface area contributed by atoms with Crippen molar-refractivity contribution in [1.29, 1.82) is 0 Å². The summed E-state index contributed by atoms with van der Waals surface area (Å²) in [6, 6.07) is 4.10. The largest absolute Gasteiger partial charge is 0.509 e. The zero-order valence-corrected chi connectivity index (χ0v) is 11.4. The Kier molecular flexibility index (Phi) is 6.25. The second-order valence-corrected chi connectivity index (χ2v) is 4.75. The first-order valence-corrected chi connectivity index (χ1v) is 6.27. The van der Waals surface area contributed by atoms with Crippen LogP contribution >= 0.6 is 0 Å². The van der Waals surface area contributed by atoms with Crippen LogP contribution < -0.4 is 0 Å². The van der Waals surface area contributed by atoms with Crippen molar-refractivity contribution < 1.29 is 35.0 Å². The first-order chi connectivity index (χ1) is 9.77. The van der Waals surface area contributed by atoms with E-state index in [0.29, 0.717) is 5.56 Å². The van der Waals surface area contributed by atoms with Crippen molar-refractivity contribution in [3.05, 3.63) is 40.9 Å². The Hall–Kier alpha value is -1.51. The van der Waals surface area contributed by atoms with Crippen molar-refractivity contribution >= 4 is 6.08 Å². The Balaban J connectivity index is 2.87. The third kappa shape index (κ3) is 4.48. The average molecular weight is 302 g/mol. The van der Waals surface area contributed by atoms with Gasteiger partial charge in [-0.1, -0.05) is 12.1 Å². The summed E-state index contributed by atoms with van der Waals surface area (Å²) < 4.78 is 13.3. The van der Waals surface area contributed by atoms with Gasteiger partial charge in [0, 0.05) is 0 Å². The first-order valence-electron chi connectivity index (χ1n) is 6.27. The standard InChI is InChI=1S/C14H19FO6/c1-7-2-3-8(4-9(7)15)5-10(17)12(19)14(21)13(20)11(18)6-16/h2-5,11-14,16-21H,6H2,1H3. The quantitative estimate of drug-likeness (QED) is 0.393. The lowest BCUT2D eigenvalue weighted by molar-refractivity contribution is -0.112. The molecule has 6 nitrogen and oxygen atoms in total. The molecule has 0 spiro atoms. The van der Waals surface area contributed by atoms with Crippen LogP contribution in [0.15, 0.2) is 24.0 Å². The molecule has 6 N–H and O–H groups in total. The molecule has 4 atom stereocenters. The highest BCUT2D eigenvalue weighted by atomic mass is 19.1. The Labute approximate surface area is 121 Å². The molecule has 0 saturated carbocycles. The summed E-state index contributed by atoms with van der Waals surface area (Å²) >= 11 is 0. The highest BCUT2D eigenvalue weighted by Crippen LogP contribution is 2.16. The van der Waals surface area contributed by atoms with Gasteiger partial charge in [-0.25, -0.2) is 4.39 Å². The lowest BCUT2D eigenvalue weighted by Crippen LogP contribution is -2.46. The van der Waals surface area contributed by atoms with Crippen molar-refractivity contribution in [2.45, 2.75) is 31.3 Å². The van der Waals surface area contributed by atoms with Gasteiger partial charge >= 0.3 is 0 Å². The summed E-state index contributed by atoms with van der Waals surface area (Å²) in [5, 5.41) is 56.2. The topological polar surface area (TPSA) is 121 Å². The molecular formula is C14H19FO6. The van der Waals surface area contributed by atoms with Crippen molar-refractivity contribution in [2.24, 2.45) is 0 Å². The predicted molar refractivity (Wildman–Crippen MR) is 72.9 cm³/mol. The molecule has 0 fully saturated rings. The van der Waals surface area contributed by atoms with E-state index in [2.05, 4.69) is 0 Å². The van der Waals surface area contributed by atoms with Crippen LogP contribution in [0.2, 0.25) is 0 Å². The number of halogens is 1. The third-order valence-corrected chi connectivity index (χ3v) is 3.07. The maximum atomic E-state index is 13.3. The molecule has 7 heteroatoms. The fraction of sp³-hybridized carbons (Fsp3) is 0.429. The number of rotatable bonds is 6. The van der Waals surface area contributed by atoms with Gasteiger partial charge in [-0.05, 0) is 30.2 Å². The molecule has 0 bridgehead atoms. The van der Waals surface area contributed by atoms with Crippen LogP contribution in [-0.2, 0) is 0 Å². The van der Waals surface area contributed by atoms with Gasteiger partial charge in [0.25, 0.3) is 0 Å². The monoisotopic (exact) mass is 302 g/mol. The predicted octanol–water partition coefficient (Wildman–Crippen LogP) is -0.531. The van der Waals surface area contributed by atoms with Crippen LogP contribution in [0.5, 0.6) is 0 Å². The smallest absolute Gasteiger partial charge is 0.139 e. The molecule has 0 heterocycles. The molecule has 0 aliphatic heterocycles. The van der Waals surface area contributed by atoms with Gasteiger partial charge < -0.3 is 30.6 Å². The van der Waals surface area contributed by atoms with Gasteiger partial charge in [0.05, 0.1) is 6.61 Å². The highest BCUT2D eigenvalue weighted by Gasteiger charge is 2.32. The Morgan fingerprint density at radius 2 is 1.81 bits per heavy atom. The van der Waals surface area contributed by atoms with E-state index in [4.69, 9.17) is 10.2 Å². The molecule has 0 saturated heterocycles. The molecule has 0 aliphatic rings. The molecule has 0 amide bonds. The summed E-state index contributed by atoms with van der Waals surface area (Å²) in [6.07, 6.45) is -6.31. The number of aryl methyl sites for hydroxylation is 1.